The van der Waals surface area contributed by atoms with Crippen molar-refractivity contribution in [3.63, 3.8) is 0 Å². The molecule has 0 atom stereocenters. The summed E-state index contributed by atoms with van der Waals surface area (Å²) >= 11 is 0. The highest BCUT2D eigenvalue weighted by molar-refractivity contribution is 7.92. The first-order valence-corrected chi connectivity index (χ1v) is 9.21. The number of ether oxygens (including phenoxy) is 1. The van der Waals surface area contributed by atoms with Gasteiger partial charge < -0.3 is 4.74 Å². The van der Waals surface area contributed by atoms with Crippen LogP contribution in [0.5, 0.6) is 5.75 Å². The zero-order chi connectivity index (χ0) is 19.8. The van der Waals surface area contributed by atoms with Gasteiger partial charge in [-0.25, -0.2) is 8.42 Å². The number of nitrogens with zero attached hydrogens (tertiary/aromatic N) is 1. The number of nitrogens with one attached hydrogen (secondary N) is 1. The Labute approximate surface area is 153 Å². The van der Waals surface area contributed by atoms with Gasteiger partial charge in [-0.3, -0.25) is 4.72 Å². The molecule has 0 unspecified atom stereocenters. The number of sulfonamides is 1. The number of rotatable bonds is 4. The molecule has 0 bridgehead atoms. The Morgan fingerprint density at radius 2 is 1.89 bits per heavy atom. The molecule has 0 spiro atoms. The van der Waals surface area contributed by atoms with E-state index >= 15 is 0 Å². The first kappa shape index (κ1) is 18.8. The highest BCUT2D eigenvalue weighted by Gasteiger charge is 2.34. The molecule has 0 fully saturated rings. The Kier molecular flexibility index (Phi) is 4.61. The second-order valence-electron chi connectivity index (χ2n) is 5.82. The molecule has 0 aliphatic heterocycles. The molecule has 0 heterocycles. The van der Waals surface area contributed by atoms with Gasteiger partial charge in [-0.15, -0.1) is 13.2 Å². The van der Waals surface area contributed by atoms with E-state index in [4.69, 9.17) is 0 Å². The number of hydrogen-bond donors (Lipinski definition) is 1. The smallest absolute Gasteiger partial charge is 0.404 e. The van der Waals surface area contributed by atoms with Gasteiger partial charge in [-0.1, -0.05) is 24.3 Å². The molecular weight excluding hydrogens is 381 g/mol. The minimum Gasteiger partial charge on any atom is -0.404 e. The number of halogens is 3. The highest BCUT2D eigenvalue weighted by Crippen LogP contribution is 2.37. The summed E-state index contributed by atoms with van der Waals surface area (Å²) in [5.41, 5.74) is 2.68. The van der Waals surface area contributed by atoms with Crippen LogP contribution in [0.1, 0.15) is 16.7 Å². The van der Waals surface area contributed by atoms with E-state index in [0.29, 0.717) is 23.1 Å². The minimum atomic E-state index is -5.03. The van der Waals surface area contributed by atoms with Crippen LogP contribution in [0, 0.1) is 18.3 Å². The molecule has 1 aliphatic carbocycles. The Bertz CT molecular complexity index is 1080. The summed E-state index contributed by atoms with van der Waals surface area (Å²) in [5.74, 6) is -0.822. The molecule has 0 saturated heterocycles. The first-order chi connectivity index (χ1) is 12.6. The van der Waals surface area contributed by atoms with Crippen molar-refractivity contribution in [3.8, 4) is 11.8 Å². The zero-order valence-corrected chi connectivity index (χ0v) is 14.8. The largest absolute Gasteiger partial charge is 0.573 e. The second-order valence-corrected chi connectivity index (χ2v) is 7.47. The summed E-state index contributed by atoms with van der Waals surface area (Å²) in [6, 6.07) is 9.71. The highest BCUT2D eigenvalue weighted by atomic mass is 32.2. The van der Waals surface area contributed by atoms with Gasteiger partial charge in [0.25, 0.3) is 10.0 Å². The van der Waals surface area contributed by atoms with Crippen molar-refractivity contribution < 1.29 is 26.3 Å². The molecule has 0 radical (unpaired) electrons. The third-order valence-corrected chi connectivity index (χ3v) is 5.43. The Balaban J connectivity index is 2.01. The van der Waals surface area contributed by atoms with E-state index in [1.54, 1.807) is 19.1 Å². The third-order valence-electron chi connectivity index (χ3n) is 4.03. The summed E-state index contributed by atoms with van der Waals surface area (Å²) < 4.78 is 69.3. The third kappa shape index (κ3) is 3.75. The number of fused-ring (bicyclic) bond motifs is 1. The van der Waals surface area contributed by atoms with Crippen LogP contribution in [0.4, 0.5) is 18.9 Å². The predicted molar refractivity (Wildman–Crippen MR) is 92.4 cm³/mol. The van der Waals surface area contributed by atoms with E-state index in [9.17, 15) is 26.9 Å². The SMILES string of the molecule is Cc1ccc(NS(=O)(=O)c2ccccc2OC(F)(F)F)c2c1C(C#N)=CC2. The number of nitriles is 1. The summed E-state index contributed by atoms with van der Waals surface area (Å²) in [6.07, 6.45) is -3.00. The first-order valence-electron chi connectivity index (χ1n) is 7.73. The van der Waals surface area contributed by atoms with Gasteiger partial charge in [-0.05, 0) is 42.7 Å². The maximum Gasteiger partial charge on any atom is 0.573 e. The summed E-state index contributed by atoms with van der Waals surface area (Å²) in [5, 5.41) is 9.20. The fourth-order valence-corrected chi connectivity index (χ4v) is 4.16. The number of allylic oxidation sites excluding steroid dienone is 2. The molecule has 140 valence electrons. The van der Waals surface area contributed by atoms with Crippen molar-refractivity contribution in [1.29, 1.82) is 5.26 Å². The molecule has 1 N–H and O–H groups in total. The maximum absolute atomic E-state index is 12.7. The van der Waals surface area contributed by atoms with Crippen LogP contribution >= 0.6 is 0 Å². The van der Waals surface area contributed by atoms with E-state index in [1.807, 2.05) is 0 Å². The molecule has 27 heavy (non-hydrogen) atoms. The monoisotopic (exact) mass is 394 g/mol. The molecule has 2 aromatic carbocycles. The van der Waals surface area contributed by atoms with Crippen molar-refractivity contribution in [3.05, 3.63) is 59.2 Å². The topological polar surface area (TPSA) is 79.2 Å². The molecule has 3 rings (SSSR count). The standard InChI is InChI=1S/C18H13F3N2O3S/c1-11-6-9-14(13-8-7-12(10-22)17(11)13)23-27(24,25)16-5-3-2-4-15(16)26-18(19,20)21/h2-7,9,23H,8H2,1H3. The molecule has 2 aromatic rings. The van der Waals surface area contributed by atoms with Crippen molar-refractivity contribution in [2.24, 2.45) is 0 Å². The van der Waals surface area contributed by atoms with Gasteiger partial charge in [0.05, 0.1) is 17.3 Å². The lowest BCUT2D eigenvalue weighted by Gasteiger charge is -2.16. The average Bonchev–Trinajstić information content (AvgIpc) is 3.01. The van der Waals surface area contributed by atoms with Gasteiger partial charge in [-0.2, -0.15) is 5.26 Å². The lowest BCUT2D eigenvalue weighted by atomic mass is 9.99. The average molecular weight is 394 g/mol. The number of hydrogen-bond acceptors (Lipinski definition) is 4. The van der Waals surface area contributed by atoms with E-state index in [1.165, 1.54) is 18.2 Å². The normalized spacial score (nSPS) is 13.5. The summed E-state index contributed by atoms with van der Waals surface area (Å²) in [6.45, 7) is 1.79. The quantitative estimate of drug-likeness (QED) is 0.845. The molecule has 9 heteroatoms. The fraction of sp³-hybridized carbons (Fsp3) is 0.167. The number of anilines is 1. The number of benzene rings is 2. The minimum absolute atomic E-state index is 0.207. The Morgan fingerprint density at radius 3 is 2.56 bits per heavy atom. The van der Waals surface area contributed by atoms with Gasteiger partial charge in [0.15, 0.2) is 0 Å². The van der Waals surface area contributed by atoms with Gasteiger partial charge in [0.1, 0.15) is 10.6 Å². The molecule has 0 aromatic heterocycles. The molecule has 0 saturated carbocycles. The van der Waals surface area contributed by atoms with E-state index in [0.717, 1.165) is 17.7 Å². The Morgan fingerprint density at radius 1 is 1.19 bits per heavy atom. The van der Waals surface area contributed by atoms with Crippen molar-refractivity contribution in [2.75, 3.05) is 4.72 Å². The van der Waals surface area contributed by atoms with Crippen LogP contribution in [0.2, 0.25) is 0 Å². The lowest BCUT2D eigenvalue weighted by Crippen LogP contribution is -2.21. The van der Waals surface area contributed by atoms with Crippen LogP contribution in [-0.4, -0.2) is 14.8 Å². The van der Waals surface area contributed by atoms with Crippen LogP contribution < -0.4 is 9.46 Å². The maximum atomic E-state index is 12.7. The summed E-state index contributed by atoms with van der Waals surface area (Å²) in [7, 11) is -4.36. The van der Waals surface area contributed by atoms with E-state index in [2.05, 4.69) is 15.5 Å². The Hall–Kier alpha value is -2.99. The number of para-hydroxylation sites is 1. The molecule has 5 nitrogen and oxygen atoms in total. The van der Waals surface area contributed by atoms with Crippen LogP contribution in [0.15, 0.2) is 47.4 Å². The summed E-state index contributed by atoms with van der Waals surface area (Å²) in [4.78, 5) is -0.636. The van der Waals surface area contributed by atoms with Crippen molar-refractivity contribution in [2.45, 2.75) is 24.6 Å². The zero-order valence-electron chi connectivity index (χ0n) is 14.0. The molecule has 1 aliphatic rings. The lowest BCUT2D eigenvalue weighted by molar-refractivity contribution is -0.275. The number of alkyl halides is 3. The van der Waals surface area contributed by atoms with Crippen molar-refractivity contribution in [1.82, 2.24) is 0 Å². The predicted octanol–water partition coefficient (Wildman–Crippen LogP) is 4.16. The second kappa shape index (κ2) is 6.63. The van der Waals surface area contributed by atoms with E-state index in [-0.39, 0.29) is 5.69 Å². The van der Waals surface area contributed by atoms with Gasteiger partial charge in [0.2, 0.25) is 0 Å². The van der Waals surface area contributed by atoms with E-state index < -0.39 is 27.0 Å². The van der Waals surface area contributed by atoms with Crippen LogP contribution in [-0.2, 0) is 16.4 Å². The number of aryl methyl sites for hydroxylation is 1. The molecular formula is C18H13F3N2O3S. The fourth-order valence-electron chi connectivity index (χ4n) is 2.94. The molecule has 0 amide bonds. The van der Waals surface area contributed by atoms with Gasteiger partial charge >= 0.3 is 6.36 Å². The van der Waals surface area contributed by atoms with Crippen LogP contribution in [0.25, 0.3) is 5.57 Å². The van der Waals surface area contributed by atoms with Gasteiger partial charge in [0, 0.05) is 5.56 Å². The van der Waals surface area contributed by atoms with Crippen LogP contribution in [0.3, 0.4) is 0 Å². The van der Waals surface area contributed by atoms with Crippen molar-refractivity contribution >= 4 is 21.3 Å².